The molecule has 0 aliphatic heterocycles. The van der Waals surface area contributed by atoms with Crippen molar-refractivity contribution in [2.24, 2.45) is 0 Å². The van der Waals surface area contributed by atoms with Crippen LogP contribution < -0.4 is 0 Å². The van der Waals surface area contributed by atoms with Gasteiger partial charge >= 0.3 is 0 Å². The summed E-state index contributed by atoms with van der Waals surface area (Å²) in [5.41, 5.74) is 36.0. The van der Waals surface area contributed by atoms with E-state index in [1.165, 1.54) is 138 Å². The summed E-state index contributed by atoms with van der Waals surface area (Å²) in [7, 11) is 0. The highest BCUT2D eigenvalue weighted by atomic mass is 15.0. The first-order chi connectivity index (χ1) is 71.8. The number of hydrogen-bond acceptors (Lipinski definition) is 0. The van der Waals surface area contributed by atoms with Gasteiger partial charge in [0.15, 0.2) is 0 Å². The van der Waals surface area contributed by atoms with Crippen LogP contribution in [-0.4, -0.2) is 18.3 Å². The molecular weight excluding hydrogens is 1770 g/mol. The molecule has 19 aromatic rings. The first-order valence-corrected chi connectivity index (χ1v) is 53.5. The topological polar surface area (TPSA) is 19.7 Å². The molecule has 19 rings (SSSR count). The predicted molar refractivity (Wildman–Crippen MR) is 647 cm³/mol. The third-order valence-electron chi connectivity index (χ3n) is 29.8. The summed E-state index contributed by atoms with van der Waals surface area (Å²) < 4.78 is 86.1. The molecule has 0 aliphatic rings. The Morgan fingerprint density at radius 3 is 0.823 bits per heavy atom. The summed E-state index contributed by atoms with van der Waals surface area (Å²) in [5, 5.41) is 9.69. The highest BCUT2D eigenvalue weighted by Crippen LogP contribution is 2.51. The monoisotopic (exact) mass is 1950 g/mol. The van der Waals surface area contributed by atoms with Crippen molar-refractivity contribution < 1.29 is 12.3 Å². The first kappa shape index (κ1) is 95.4. The molecule has 762 valence electrons. The van der Waals surface area contributed by atoms with E-state index in [0.29, 0.717) is 16.7 Å². The Kier molecular flexibility index (Phi) is 24.8. The fourth-order valence-electron chi connectivity index (χ4n) is 21.6. The van der Waals surface area contributed by atoms with E-state index in [0.717, 1.165) is 60.9 Å². The van der Waals surface area contributed by atoms with E-state index in [9.17, 15) is 0 Å². The fraction of sp³-hybridized carbons (Fsp3) is 0.371. The van der Waals surface area contributed by atoms with Gasteiger partial charge in [0.1, 0.15) is 0 Å². The van der Waals surface area contributed by atoms with Gasteiger partial charge in [0, 0.05) is 54.3 Å². The minimum atomic E-state index is -0.385. The van der Waals surface area contributed by atoms with Crippen LogP contribution in [0.4, 0.5) is 0 Å². The van der Waals surface area contributed by atoms with E-state index in [1.807, 2.05) is 54.6 Å². The highest BCUT2D eigenvalue weighted by molar-refractivity contribution is 6.15. The van der Waals surface area contributed by atoms with Crippen LogP contribution in [0.15, 0.2) is 303 Å². The van der Waals surface area contributed by atoms with Crippen molar-refractivity contribution in [2.75, 3.05) is 0 Å². The Bertz CT molecular complexity index is 8500. The largest absolute Gasteiger partial charge is 0.309 e. The lowest BCUT2D eigenvalue weighted by atomic mass is 9.74. The Balaban J connectivity index is 0.000000148. The Morgan fingerprint density at radius 1 is 0.184 bits per heavy atom. The number of para-hydroxylation sites is 3. The second kappa shape index (κ2) is 38.3. The molecule has 0 spiro atoms. The molecule has 0 unspecified atom stereocenters. The van der Waals surface area contributed by atoms with Gasteiger partial charge in [0.25, 0.3) is 0 Å². The zero-order valence-corrected chi connectivity index (χ0v) is 96.5. The van der Waals surface area contributed by atoms with Crippen LogP contribution in [0.25, 0.3) is 143 Å². The molecule has 0 saturated heterocycles. The van der Waals surface area contributed by atoms with Crippen molar-refractivity contribution in [3.8, 4) is 56.1 Å². The number of aromatic nitrogens is 4. The number of benzene rings is 15. The molecule has 0 radical (unpaired) electrons. The van der Waals surface area contributed by atoms with Crippen molar-refractivity contribution in [3.63, 3.8) is 0 Å². The van der Waals surface area contributed by atoms with Crippen molar-refractivity contribution in [1.82, 2.24) is 18.3 Å². The molecule has 0 saturated carbocycles. The SMILES string of the molecule is CC(C)(C)c1cc(-c2cccc(-n3c4cc(C(C)(C)C)ccc4c4ccc(C(C)(C)C)cc43)c2C(C)(C)C)cc(C(C)(C)C)c1.CC(C)(C)c1ccc2c3ccc(C(C)(C)C)cc3n(-c3cccc(C(C)(C)C)c3C(C)(C)C)c2c1.[2H]c1c([2H])c(C)c([2H])c(-c2cccc(-n3c4cc(C(C)(C)C)ccc4c4ccc(C(C)(C)C)cc43)c2C(C)(C)C)c1[2H].[2H]c1c([2H])c([2H])c(-c2cccc3c4ccccc4n(-c4ccccc4C(C)(C)C)c23)c([2H])c1[2H]. The zero-order valence-electron chi connectivity index (χ0n) is 105. The number of fused-ring (bicyclic) bond motifs is 12. The maximum atomic E-state index is 8.98. The van der Waals surface area contributed by atoms with E-state index in [1.54, 1.807) is 6.92 Å². The van der Waals surface area contributed by atoms with E-state index >= 15 is 0 Å². The molecule has 4 heteroatoms. The third-order valence-corrected chi connectivity index (χ3v) is 29.8. The summed E-state index contributed by atoms with van der Waals surface area (Å²) in [5.74, 6) is 0. The van der Waals surface area contributed by atoms with Gasteiger partial charge in [-0.3, -0.25) is 0 Å². The molecule has 0 aliphatic carbocycles. The quantitative estimate of drug-likeness (QED) is 0.152. The predicted octanol–water partition coefficient (Wildman–Crippen LogP) is 41.3. The summed E-state index contributed by atoms with van der Waals surface area (Å²) in [6.07, 6.45) is 0. The standard InChI is InChI=1S/C44H57N.C37H43N.C34H45N.C28H25N/c1-40(2,3)29-19-21-34-35-22-20-30(41(4,5)6)27-38(35)45(37(34)26-29)36-18-16-17-33(39(36)44(13,14)15)28-23-31(42(7,8)9)25-32(24-28)43(10,11)12;1-24-13-11-14-25(21-24)28-15-12-16-31(34(28)37(8,9)10)38-32-22-26(35(2,3)4)17-19-29(32)30-20-18-27(23-33(30)38)36(5,6)7;1-31(2,3)22-16-18-24-25-19-17-23(32(4,5)6)21-29(25)35(28(24)20-22)27-15-13-14-26(33(7,8)9)30(27)34(10,11)12;1-28(2,3)24-17-8-10-19-26(24)29-25-18-9-7-14-22(25)23-16-11-15-21(27(23)29)20-12-5-4-6-13-20/h16-27H,1-15H3;11-23H,1-10H3;13-21H,1-12H3;4-19H,1-3H3/i;11D,13D,14D,21D;;4D,5D,6D,12D,13D. The van der Waals surface area contributed by atoms with Crippen LogP contribution in [-0.2, 0) is 70.4 Å². The molecule has 0 N–H and O–H groups in total. The summed E-state index contributed by atoms with van der Waals surface area (Å²) >= 11 is 0. The molecular formula is C143H170N4. The lowest BCUT2D eigenvalue weighted by molar-refractivity contribution is 0.528. The molecule has 0 amide bonds. The van der Waals surface area contributed by atoms with E-state index in [4.69, 9.17) is 12.3 Å². The average molecular weight is 1950 g/mol. The van der Waals surface area contributed by atoms with Crippen LogP contribution in [0, 0.1) is 6.92 Å². The zero-order chi connectivity index (χ0) is 115. The second-order valence-corrected chi connectivity index (χ2v) is 55.1. The fourth-order valence-corrected chi connectivity index (χ4v) is 21.6. The lowest BCUT2D eigenvalue weighted by Gasteiger charge is -2.33. The third kappa shape index (κ3) is 21.5. The van der Waals surface area contributed by atoms with Gasteiger partial charge in [-0.2, -0.15) is 0 Å². The molecule has 0 bridgehead atoms. The lowest BCUT2D eigenvalue weighted by Crippen LogP contribution is -2.24. The van der Waals surface area contributed by atoms with Crippen molar-refractivity contribution in [1.29, 1.82) is 0 Å². The Hall–Kier alpha value is -12.5. The van der Waals surface area contributed by atoms with Crippen LogP contribution in [0.5, 0.6) is 0 Å². The summed E-state index contributed by atoms with van der Waals surface area (Å²) in [6, 6.07) is 90.1. The maximum Gasteiger partial charge on any atom is 0.0632 e. The first-order valence-electron chi connectivity index (χ1n) is 58.0. The van der Waals surface area contributed by atoms with E-state index in [2.05, 4.69) is 482 Å². The van der Waals surface area contributed by atoms with Gasteiger partial charge < -0.3 is 18.3 Å². The molecule has 4 nitrogen and oxygen atoms in total. The van der Waals surface area contributed by atoms with Crippen molar-refractivity contribution in [3.05, 3.63) is 381 Å². The Labute approximate surface area is 896 Å². The van der Waals surface area contributed by atoms with Crippen molar-refractivity contribution in [2.45, 2.75) is 347 Å². The number of rotatable bonds is 7. The maximum absolute atomic E-state index is 8.98. The highest BCUT2D eigenvalue weighted by Gasteiger charge is 2.36. The molecule has 0 atom stereocenters. The minimum Gasteiger partial charge on any atom is -0.309 e. The molecule has 147 heavy (non-hydrogen) atoms. The Morgan fingerprint density at radius 2 is 0.469 bits per heavy atom. The van der Waals surface area contributed by atoms with Gasteiger partial charge in [-0.25, -0.2) is 0 Å². The molecule has 0 fully saturated rings. The van der Waals surface area contributed by atoms with Crippen LogP contribution >= 0.6 is 0 Å². The van der Waals surface area contributed by atoms with E-state index in [-0.39, 0.29) is 130 Å². The minimum absolute atomic E-state index is 0.00536. The van der Waals surface area contributed by atoms with Gasteiger partial charge in [-0.1, -0.05) is 512 Å². The van der Waals surface area contributed by atoms with Crippen LogP contribution in [0.2, 0.25) is 0 Å². The second-order valence-electron chi connectivity index (χ2n) is 55.1. The molecule has 4 aromatic heterocycles. The smallest absolute Gasteiger partial charge is 0.0632 e. The van der Waals surface area contributed by atoms with Gasteiger partial charge in [0.2, 0.25) is 0 Å². The summed E-state index contributed by atoms with van der Waals surface area (Å²) in [6.45, 7) is 91.1. The number of hydrogen-bond donors (Lipinski definition) is 0. The van der Waals surface area contributed by atoms with Gasteiger partial charge in [0.05, 0.1) is 73.5 Å². The average Bonchev–Trinajstić information content (AvgIpc) is 1.55. The van der Waals surface area contributed by atoms with Gasteiger partial charge in [-0.05, 0) is 244 Å². The number of nitrogens with zero attached hydrogens (tertiary/aromatic N) is 4. The van der Waals surface area contributed by atoms with E-state index < -0.39 is 0 Å². The molecule has 15 aromatic carbocycles. The summed E-state index contributed by atoms with van der Waals surface area (Å²) in [4.78, 5) is 0. The van der Waals surface area contributed by atoms with Gasteiger partial charge in [-0.15, -0.1) is 0 Å². The van der Waals surface area contributed by atoms with Crippen LogP contribution in [0.3, 0.4) is 0 Å². The molecule has 4 heterocycles. The van der Waals surface area contributed by atoms with Crippen LogP contribution in [0.1, 0.15) is 360 Å². The normalized spacial score (nSPS) is 14.0. The van der Waals surface area contributed by atoms with Crippen molar-refractivity contribution >= 4 is 87.2 Å².